The van der Waals surface area contributed by atoms with E-state index < -0.39 is 9.84 Å². The topological polar surface area (TPSA) is 49.4 Å². The number of hydrogen-bond donors (Lipinski definition) is 1. The SMILES string of the molecule is CCS(=O)(=O)c1ccccc1N(C)C1CCCNC1. The van der Waals surface area contributed by atoms with Crippen LogP contribution in [-0.2, 0) is 9.84 Å². The molecule has 19 heavy (non-hydrogen) atoms. The van der Waals surface area contributed by atoms with Crippen molar-refractivity contribution < 1.29 is 8.42 Å². The van der Waals surface area contributed by atoms with Gasteiger partial charge < -0.3 is 10.2 Å². The summed E-state index contributed by atoms with van der Waals surface area (Å²) in [6, 6.07) is 7.66. The van der Waals surface area contributed by atoms with Crippen molar-refractivity contribution in [1.29, 1.82) is 0 Å². The zero-order chi connectivity index (χ0) is 13.9. The highest BCUT2D eigenvalue weighted by atomic mass is 32.2. The van der Waals surface area contributed by atoms with Crippen LogP contribution in [0.4, 0.5) is 5.69 Å². The summed E-state index contributed by atoms with van der Waals surface area (Å²) < 4.78 is 24.3. The summed E-state index contributed by atoms with van der Waals surface area (Å²) >= 11 is 0. The molecule has 1 aromatic carbocycles. The van der Waals surface area contributed by atoms with Crippen molar-refractivity contribution in [3.05, 3.63) is 24.3 Å². The van der Waals surface area contributed by atoms with Crippen molar-refractivity contribution in [3.63, 3.8) is 0 Å². The third-order valence-corrected chi connectivity index (χ3v) is 5.55. The maximum atomic E-state index is 12.2. The molecule has 0 bridgehead atoms. The van der Waals surface area contributed by atoms with Crippen molar-refractivity contribution >= 4 is 15.5 Å². The Morgan fingerprint density at radius 3 is 2.74 bits per heavy atom. The van der Waals surface area contributed by atoms with E-state index >= 15 is 0 Å². The normalized spacial score (nSPS) is 20.2. The molecule has 106 valence electrons. The van der Waals surface area contributed by atoms with E-state index in [2.05, 4.69) is 10.2 Å². The Labute approximate surface area is 115 Å². The molecule has 1 fully saturated rings. The van der Waals surface area contributed by atoms with Crippen LogP contribution in [0.1, 0.15) is 19.8 Å². The van der Waals surface area contributed by atoms with Gasteiger partial charge in [0.1, 0.15) is 0 Å². The van der Waals surface area contributed by atoms with Gasteiger partial charge in [0.15, 0.2) is 9.84 Å². The molecular weight excluding hydrogens is 260 g/mol. The molecule has 0 aromatic heterocycles. The zero-order valence-corrected chi connectivity index (χ0v) is 12.4. The van der Waals surface area contributed by atoms with Crippen LogP contribution in [0.5, 0.6) is 0 Å². The van der Waals surface area contributed by atoms with Gasteiger partial charge in [-0.1, -0.05) is 19.1 Å². The minimum absolute atomic E-state index is 0.140. The highest BCUT2D eigenvalue weighted by Gasteiger charge is 2.23. The maximum Gasteiger partial charge on any atom is 0.180 e. The van der Waals surface area contributed by atoms with Crippen LogP contribution < -0.4 is 10.2 Å². The molecule has 5 heteroatoms. The largest absolute Gasteiger partial charge is 0.369 e. The lowest BCUT2D eigenvalue weighted by molar-refractivity contribution is 0.444. The summed E-state index contributed by atoms with van der Waals surface area (Å²) in [6.45, 7) is 3.66. The predicted octanol–water partition coefficient (Wildman–Crippen LogP) is 1.67. The van der Waals surface area contributed by atoms with Gasteiger partial charge in [-0.15, -0.1) is 0 Å². The molecule has 0 amide bonds. The summed E-state index contributed by atoms with van der Waals surface area (Å²) in [6.07, 6.45) is 2.24. The van der Waals surface area contributed by atoms with E-state index in [1.165, 1.54) is 0 Å². The molecule has 1 aromatic rings. The smallest absolute Gasteiger partial charge is 0.180 e. The lowest BCUT2D eigenvalue weighted by Crippen LogP contribution is -2.44. The lowest BCUT2D eigenvalue weighted by atomic mass is 10.1. The fourth-order valence-corrected chi connectivity index (χ4v) is 3.66. The molecule has 0 aliphatic carbocycles. The summed E-state index contributed by atoms with van der Waals surface area (Å²) in [4.78, 5) is 2.56. The van der Waals surface area contributed by atoms with Gasteiger partial charge in [-0.05, 0) is 31.5 Å². The van der Waals surface area contributed by atoms with Gasteiger partial charge in [-0.3, -0.25) is 0 Å². The third-order valence-electron chi connectivity index (χ3n) is 3.78. The van der Waals surface area contributed by atoms with Crippen molar-refractivity contribution in [2.75, 3.05) is 30.8 Å². The van der Waals surface area contributed by atoms with Crippen LogP contribution in [0, 0.1) is 0 Å². The van der Waals surface area contributed by atoms with E-state index in [4.69, 9.17) is 0 Å². The number of likely N-dealkylation sites (N-methyl/N-ethyl adjacent to an activating group) is 1. The standard InChI is InChI=1S/C14H22N2O2S/c1-3-19(17,18)14-9-5-4-8-13(14)16(2)12-7-6-10-15-11-12/h4-5,8-9,12,15H,3,6-7,10-11H2,1-2H3. The Morgan fingerprint density at radius 1 is 1.37 bits per heavy atom. The number of anilines is 1. The average Bonchev–Trinajstić information content (AvgIpc) is 2.47. The Bertz CT molecular complexity index is 522. The van der Waals surface area contributed by atoms with Gasteiger partial charge in [0.2, 0.25) is 0 Å². The fraction of sp³-hybridized carbons (Fsp3) is 0.571. The highest BCUT2D eigenvalue weighted by molar-refractivity contribution is 7.91. The second-order valence-corrected chi connectivity index (χ2v) is 7.23. The summed E-state index contributed by atoms with van der Waals surface area (Å²) in [5.74, 6) is 0.140. The Kier molecular flexibility index (Phi) is 4.47. The third kappa shape index (κ3) is 3.09. The van der Waals surface area contributed by atoms with E-state index in [-0.39, 0.29) is 5.75 Å². The van der Waals surface area contributed by atoms with E-state index in [0.717, 1.165) is 31.6 Å². The average molecular weight is 282 g/mol. The molecule has 1 N–H and O–H groups in total. The van der Waals surface area contributed by atoms with Gasteiger partial charge >= 0.3 is 0 Å². The zero-order valence-electron chi connectivity index (χ0n) is 11.6. The van der Waals surface area contributed by atoms with E-state index in [1.807, 2.05) is 19.2 Å². The van der Waals surface area contributed by atoms with Crippen LogP contribution in [0.2, 0.25) is 0 Å². The molecule has 0 radical (unpaired) electrons. The number of hydrogen-bond acceptors (Lipinski definition) is 4. The lowest BCUT2D eigenvalue weighted by Gasteiger charge is -2.34. The molecule has 1 aliphatic rings. The van der Waals surface area contributed by atoms with Crippen LogP contribution in [0.15, 0.2) is 29.2 Å². The summed E-state index contributed by atoms with van der Waals surface area (Å²) in [7, 11) is -1.19. The van der Waals surface area contributed by atoms with Gasteiger partial charge in [0.05, 0.1) is 16.3 Å². The first-order valence-electron chi connectivity index (χ1n) is 6.81. The molecule has 1 unspecified atom stereocenters. The molecule has 1 atom stereocenters. The minimum Gasteiger partial charge on any atom is -0.369 e. The monoisotopic (exact) mass is 282 g/mol. The summed E-state index contributed by atoms with van der Waals surface area (Å²) in [5.41, 5.74) is 0.818. The van der Waals surface area contributed by atoms with E-state index in [1.54, 1.807) is 19.1 Å². The predicted molar refractivity (Wildman–Crippen MR) is 78.5 cm³/mol. The van der Waals surface area contributed by atoms with Gasteiger partial charge in [0.25, 0.3) is 0 Å². The summed E-state index contributed by atoms with van der Waals surface area (Å²) in [5, 5.41) is 3.37. The molecule has 0 saturated carbocycles. The van der Waals surface area contributed by atoms with E-state index in [9.17, 15) is 8.42 Å². The van der Waals surface area contributed by atoms with Crippen molar-refractivity contribution in [3.8, 4) is 0 Å². The number of sulfone groups is 1. The Balaban J connectivity index is 2.34. The van der Waals surface area contributed by atoms with Crippen molar-refractivity contribution in [2.24, 2.45) is 0 Å². The highest BCUT2D eigenvalue weighted by Crippen LogP contribution is 2.27. The Hall–Kier alpha value is -1.07. The number of piperidine rings is 1. The Morgan fingerprint density at radius 2 is 2.11 bits per heavy atom. The molecule has 1 heterocycles. The van der Waals surface area contributed by atoms with Gasteiger partial charge in [0, 0.05) is 19.6 Å². The quantitative estimate of drug-likeness (QED) is 0.912. The molecule has 2 rings (SSSR count). The van der Waals surface area contributed by atoms with Crippen molar-refractivity contribution in [2.45, 2.75) is 30.7 Å². The van der Waals surface area contributed by atoms with E-state index in [0.29, 0.717) is 10.9 Å². The first kappa shape index (κ1) is 14.3. The van der Waals surface area contributed by atoms with Crippen molar-refractivity contribution in [1.82, 2.24) is 5.32 Å². The molecule has 1 saturated heterocycles. The van der Waals surface area contributed by atoms with Gasteiger partial charge in [-0.25, -0.2) is 8.42 Å². The number of benzene rings is 1. The second kappa shape index (κ2) is 5.92. The number of para-hydroxylation sites is 1. The van der Waals surface area contributed by atoms with Gasteiger partial charge in [-0.2, -0.15) is 0 Å². The molecule has 4 nitrogen and oxygen atoms in total. The second-order valence-electron chi connectivity index (χ2n) is 4.98. The first-order valence-corrected chi connectivity index (χ1v) is 8.47. The van der Waals surface area contributed by atoms with Crippen LogP contribution >= 0.6 is 0 Å². The van der Waals surface area contributed by atoms with Crippen LogP contribution in [-0.4, -0.2) is 40.3 Å². The fourth-order valence-electron chi connectivity index (χ4n) is 2.53. The number of nitrogens with zero attached hydrogens (tertiary/aromatic N) is 1. The number of rotatable bonds is 4. The molecule has 1 aliphatic heterocycles. The maximum absolute atomic E-state index is 12.2. The minimum atomic E-state index is -3.17. The molecule has 0 spiro atoms. The van der Waals surface area contributed by atoms with Crippen LogP contribution in [0.25, 0.3) is 0 Å². The first-order chi connectivity index (χ1) is 9.06. The number of nitrogens with one attached hydrogen (secondary N) is 1. The van der Waals surface area contributed by atoms with Crippen LogP contribution in [0.3, 0.4) is 0 Å². The molecular formula is C14H22N2O2S.